The molecule has 0 fully saturated rings. The van der Waals surface area contributed by atoms with E-state index >= 15 is 0 Å². The van der Waals surface area contributed by atoms with Gasteiger partial charge in [-0.2, -0.15) is 0 Å². The number of nitrogens with zero attached hydrogens (tertiary/aromatic N) is 1. The molecule has 0 radical (unpaired) electrons. The van der Waals surface area contributed by atoms with Crippen LogP contribution in [0.15, 0.2) is 18.3 Å². The van der Waals surface area contributed by atoms with Crippen LogP contribution in [0.5, 0.6) is 0 Å². The Morgan fingerprint density at radius 1 is 1.14 bits per heavy atom. The minimum atomic E-state index is -0.561. The molecule has 0 aliphatic carbocycles. The van der Waals surface area contributed by atoms with Gasteiger partial charge in [0.2, 0.25) is 0 Å². The number of carbonyl (C=O) groups is 2. The molecule has 0 atom stereocenters. The fraction of sp³-hybridized carbons (Fsp3) is 0.562. The number of hydrogen-bond acceptors (Lipinski definition) is 4. The summed E-state index contributed by atoms with van der Waals surface area (Å²) in [5.74, 6) is -0.858. The van der Waals surface area contributed by atoms with Gasteiger partial charge in [-0.05, 0) is 37.8 Å². The van der Waals surface area contributed by atoms with Crippen molar-refractivity contribution in [2.75, 3.05) is 6.54 Å². The molecule has 1 amide bonds. The maximum atomic E-state index is 11.9. The molecule has 0 saturated heterocycles. The Morgan fingerprint density at radius 3 is 2.19 bits per heavy atom. The molecule has 21 heavy (non-hydrogen) atoms. The van der Waals surface area contributed by atoms with E-state index in [1.807, 2.05) is 6.07 Å². The molecule has 0 spiro atoms. The Hall–Kier alpha value is -1.91. The predicted molar refractivity (Wildman–Crippen MR) is 81.1 cm³/mol. The summed E-state index contributed by atoms with van der Waals surface area (Å²) in [6.07, 6.45) is 1.68. The van der Waals surface area contributed by atoms with Gasteiger partial charge < -0.3 is 10.1 Å². The number of esters is 1. The topological polar surface area (TPSA) is 68.3 Å². The second-order valence-corrected chi connectivity index (χ2v) is 6.95. The Balaban J connectivity index is 2.59. The van der Waals surface area contributed by atoms with Crippen molar-refractivity contribution < 1.29 is 14.3 Å². The van der Waals surface area contributed by atoms with Crippen LogP contribution >= 0.6 is 0 Å². The van der Waals surface area contributed by atoms with Crippen LogP contribution in [-0.4, -0.2) is 29.0 Å². The summed E-state index contributed by atoms with van der Waals surface area (Å²) in [7, 11) is 0. The van der Waals surface area contributed by atoms with Crippen molar-refractivity contribution in [3.63, 3.8) is 0 Å². The summed E-state index contributed by atoms with van der Waals surface area (Å²) < 4.78 is 5.11. The van der Waals surface area contributed by atoms with E-state index in [1.165, 1.54) is 0 Å². The number of ether oxygens (including phenoxy) is 1. The summed E-state index contributed by atoms with van der Waals surface area (Å²) in [6, 6.07) is 3.53. The first kappa shape index (κ1) is 17.1. The summed E-state index contributed by atoms with van der Waals surface area (Å²) in [5.41, 5.74) is 0.755. The zero-order valence-electron chi connectivity index (χ0n) is 13.6. The summed E-state index contributed by atoms with van der Waals surface area (Å²) >= 11 is 0. The van der Waals surface area contributed by atoms with Gasteiger partial charge in [0, 0.05) is 6.20 Å². The molecule has 0 aliphatic heterocycles. The average Bonchev–Trinajstić information content (AvgIpc) is 2.33. The minimum Gasteiger partial charge on any atom is -0.459 e. The molecule has 5 heteroatoms. The third kappa shape index (κ3) is 5.94. The molecule has 116 valence electrons. The number of pyridine rings is 1. The molecule has 5 nitrogen and oxygen atoms in total. The van der Waals surface area contributed by atoms with Gasteiger partial charge in [0.15, 0.2) is 0 Å². The van der Waals surface area contributed by atoms with E-state index in [0.29, 0.717) is 0 Å². The smallest absolute Gasteiger partial charge is 0.325 e. The number of rotatable bonds is 3. The molecule has 0 unspecified atom stereocenters. The lowest BCUT2D eigenvalue weighted by atomic mass is 9.88. The maximum absolute atomic E-state index is 11.9. The van der Waals surface area contributed by atoms with Crippen LogP contribution in [0.1, 0.15) is 57.6 Å². The highest BCUT2D eigenvalue weighted by Crippen LogP contribution is 2.20. The second kappa shape index (κ2) is 6.24. The van der Waals surface area contributed by atoms with Crippen molar-refractivity contribution in [2.45, 2.75) is 52.6 Å². The van der Waals surface area contributed by atoms with E-state index in [2.05, 4.69) is 31.1 Å². The van der Waals surface area contributed by atoms with Crippen LogP contribution < -0.4 is 5.32 Å². The molecule has 0 bridgehead atoms. The van der Waals surface area contributed by atoms with Gasteiger partial charge in [-0.3, -0.25) is 14.6 Å². The average molecular weight is 292 g/mol. The van der Waals surface area contributed by atoms with E-state index in [0.717, 1.165) is 5.56 Å². The lowest BCUT2D eigenvalue weighted by Gasteiger charge is -2.19. The van der Waals surface area contributed by atoms with Crippen molar-refractivity contribution in [2.24, 2.45) is 0 Å². The van der Waals surface area contributed by atoms with Gasteiger partial charge in [0.1, 0.15) is 17.8 Å². The summed E-state index contributed by atoms with van der Waals surface area (Å²) in [6.45, 7) is 11.4. The first-order valence-electron chi connectivity index (χ1n) is 6.95. The Morgan fingerprint density at radius 2 is 1.76 bits per heavy atom. The molecule has 0 saturated carbocycles. The Labute approximate surface area is 126 Å². The van der Waals surface area contributed by atoms with Crippen molar-refractivity contribution >= 4 is 11.9 Å². The number of nitrogens with one attached hydrogen (secondary N) is 1. The lowest BCUT2D eigenvalue weighted by molar-refractivity contribution is -0.153. The molecule has 1 aromatic rings. The largest absolute Gasteiger partial charge is 0.459 e. The van der Waals surface area contributed by atoms with Gasteiger partial charge >= 0.3 is 5.97 Å². The van der Waals surface area contributed by atoms with Crippen molar-refractivity contribution in [3.05, 3.63) is 29.6 Å². The highest BCUT2D eigenvalue weighted by Gasteiger charge is 2.18. The molecule has 1 heterocycles. The van der Waals surface area contributed by atoms with E-state index < -0.39 is 11.6 Å². The molecule has 1 N–H and O–H groups in total. The molecular weight excluding hydrogens is 268 g/mol. The van der Waals surface area contributed by atoms with E-state index in [4.69, 9.17) is 4.74 Å². The third-order valence-corrected chi connectivity index (χ3v) is 2.68. The quantitative estimate of drug-likeness (QED) is 0.869. The highest BCUT2D eigenvalue weighted by molar-refractivity contribution is 5.94. The second-order valence-electron chi connectivity index (χ2n) is 6.95. The Bertz CT molecular complexity index is 508. The van der Waals surface area contributed by atoms with E-state index in [9.17, 15) is 9.59 Å². The van der Waals surface area contributed by atoms with E-state index in [1.54, 1.807) is 33.0 Å². The van der Waals surface area contributed by atoms with Crippen molar-refractivity contribution in [1.29, 1.82) is 0 Å². The van der Waals surface area contributed by atoms with Gasteiger partial charge in [0.05, 0.1) is 0 Å². The molecule has 1 rings (SSSR count). The van der Waals surface area contributed by atoms with Crippen LogP contribution in [0, 0.1) is 0 Å². The summed E-state index contributed by atoms with van der Waals surface area (Å²) in [4.78, 5) is 27.6. The van der Waals surface area contributed by atoms with Gasteiger partial charge in [-0.25, -0.2) is 0 Å². The van der Waals surface area contributed by atoms with Crippen LogP contribution in [0.3, 0.4) is 0 Å². The standard InChI is InChI=1S/C16H24N2O3/c1-15(2,3)11-7-8-12(17-9-11)14(20)18-10-13(19)21-16(4,5)6/h7-9H,10H2,1-6H3,(H,18,20). The summed E-state index contributed by atoms with van der Waals surface area (Å²) in [5, 5.41) is 2.50. The van der Waals surface area contributed by atoms with Gasteiger partial charge in [-0.15, -0.1) is 0 Å². The van der Waals surface area contributed by atoms with Crippen LogP contribution in [-0.2, 0) is 14.9 Å². The van der Waals surface area contributed by atoms with Crippen molar-refractivity contribution in [1.82, 2.24) is 10.3 Å². The zero-order valence-corrected chi connectivity index (χ0v) is 13.6. The SMILES string of the molecule is CC(C)(C)OC(=O)CNC(=O)c1ccc(C(C)(C)C)cn1. The maximum Gasteiger partial charge on any atom is 0.325 e. The molecule has 0 aliphatic rings. The molecule has 0 aromatic carbocycles. The number of amides is 1. The zero-order chi connectivity index (χ0) is 16.3. The minimum absolute atomic E-state index is 0.0154. The van der Waals surface area contributed by atoms with Gasteiger partial charge in [0.25, 0.3) is 5.91 Å². The third-order valence-electron chi connectivity index (χ3n) is 2.68. The van der Waals surface area contributed by atoms with Crippen molar-refractivity contribution in [3.8, 4) is 0 Å². The van der Waals surface area contributed by atoms with Crippen LogP contribution in [0.25, 0.3) is 0 Å². The number of hydrogen-bond donors (Lipinski definition) is 1. The number of aromatic nitrogens is 1. The van der Waals surface area contributed by atoms with E-state index in [-0.39, 0.29) is 23.6 Å². The van der Waals surface area contributed by atoms with Crippen LogP contribution in [0.4, 0.5) is 0 Å². The highest BCUT2D eigenvalue weighted by atomic mass is 16.6. The normalized spacial score (nSPS) is 11.9. The fourth-order valence-corrected chi connectivity index (χ4v) is 1.59. The lowest BCUT2D eigenvalue weighted by Crippen LogP contribution is -2.35. The fourth-order valence-electron chi connectivity index (χ4n) is 1.59. The molecular formula is C16H24N2O3. The first-order valence-corrected chi connectivity index (χ1v) is 6.95. The monoisotopic (exact) mass is 292 g/mol. The number of carbonyl (C=O) groups excluding carboxylic acids is 2. The first-order chi connectivity index (χ1) is 9.49. The van der Waals surface area contributed by atoms with Gasteiger partial charge in [-0.1, -0.05) is 26.8 Å². The Kier molecular flexibility index (Phi) is 5.10. The molecule has 1 aromatic heterocycles. The van der Waals surface area contributed by atoms with Crippen LogP contribution in [0.2, 0.25) is 0 Å². The predicted octanol–water partition coefficient (Wildman–Crippen LogP) is 2.45.